The van der Waals surface area contributed by atoms with Crippen LogP contribution < -0.4 is 14.8 Å². The summed E-state index contributed by atoms with van der Waals surface area (Å²) in [7, 11) is -3.77. The minimum absolute atomic E-state index is 0.110. The lowest BCUT2D eigenvalue weighted by Crippen LogP contribution is -2.33. The van der Waals surface area contributed by atoms with Crippen molar-refractivity contribution in [2.75, 3.05) is 11.9 Å². The lowest BCUT2D eigenvalue weighted by atomic mass is 10.2. The van der Waals surface area contributed by atoms with Gasteiger partial charge in [0.25, 0.3) is 0 Å². The SMILES string of the molecule is Cc1ccc(S(=O)(=O)NCC(=O)Nc2ccccc2Oc2ccccc2)cc1. The molecule has 0 aromatic heterocycles. The summed E-state index contributed by atoms with van der Waals surface area (Å²) >= 11 is 0. The van der Waals surface area contributed by atoms with E-state index >= 15 is 0 Å². The van der Waals surface area contributed by atoms with Crippen LogP contribution in [0.4, 0.5) is 5.69 Å². The molecule has 6 nitrogen and oxygen atoms in total. The third-order valence-corrected chi connectivity index (χ3v) is 5.30. The number of hydrogen-bond donors (Lipinski definition) is 2. The van der Waals surface area contributed by atoms with Gasteiger partial charge in [-0.3, -0.25) is 4.79 Å². The van der Waals surface area contributed by atoms with E-state index in [1.54, 1.807) is 48.5 Å². The van der Waals surface area contributed by atoms with E-state index in [0.29, 0.717) is 17.2 Å². The molecule has 0 unspecified atom stereocenters. The van der Waals surface area contributed by atoms with E-state index in [-0.39, 0.29) is 4.90 Å². The van der Waals surface area contributed by atoms with Gasteiger partial charge in [-0.1, -0.05) is 48.0 Å². The number of sulfonamides is 1. The van der Waals surface area contributed by atoms with Gasteiger partial charge in [0, 0.05) is 0 Å². The fraction of sp³-hybridized carbons (Fsp3) is 0.0952. The lowest BCUT2D eigenvalue weighted by Gasteiger charge is -2.12. The van der Waals surface area contributed by atoms with E-state index in [1.807, 2.05) is 25.1 Å². The van der Waals surface area contributed by atoms with Crippen molar-refractivity contribution in [3.63, 3.8) is 0 Å². The Kier molecular flexibility index (Phi) is 6.08. The second-order valence-electron chi connectivity index (χ2n) is 6.10. The number of ether oxygens (including phenoxy) is 1. The molecule has 0 atom stereocenters. The van der Waals surface area contributed by atoms with Gasteiger partial charge >= 0.3 is 0 Å². The summed E-state index contributed by atoms with van der Waals surface area (Å²) in [5.41, 5.74) is 1.40. The van der Waals surface area contributed by atoms with E-state index in [4.69, 9.17) is 4.74 Å². The van der Waals surface area contributed by atoms with Crippen molar-refractivity contribution in [2.24, 2.45) is 0 Å². The average molecular weight is 396 g/mol. The maximum absolute atomic E-state index is 12.3. The predicted molar refractivity (Wildman–Crippen MR) is 108 cm³/mol. The molecule has 0 saturated carbocycles. The van der Waals surface area contributed by atoms with Crippen LogP contribution in [0.25, 0.3) is 0 Å². The van der Waals surface area contributed by atoms with Gasteiger partial charge < -0.3 is 10.1 Å². The maximum atomic E-state index is 12.3. The Morgan fingerprint density at radius 2 is 1.54 bits per heavy atom. The van der Waals surface area contributed by atoms with Gasteiger partial charge in [-0.15, -0.1) is 0 Å². The van der Waals surface area contributed by atoms with Crippen LogP contribution in [0.15, 0.2) is 83.8 Å². The number of anilines is 1. The predicted octanol–water partition coefficient (Wildman–Crippen LogP) is 3.70. The Hall–Kier alpha value is -3.16. The Balaban J connectivity index is 1.64. The molecular formula is C21H20N2O4S. The molecular weight excluding hydrogens is 376 g/mol. The number of amides is 1. The lowest BCUT2D eigenvalue weighted by molar-refractivity contribution is -0.115. The number of nitrogens with one attached hydrogen (secondary N) is 2. The van der Waals surface area contributed by atoms with E-state index in [0.717, 1.165) is 5.56 Å². The molecule has 0 spiro atoms. The molecule has 28 heavy (non-hydrogen) atoms. The number of para-hydroxylation sites is 3. The molecule has 3 aromatic carbocycles. The first-order valence-corrected chi connectivity index (χ1v) is 10.1. The van der Waals surface area contributed by atoms with Crippen LogP contribution in [0.1, 0.15) is 5.56 Å². The number of hydrogen-bond acceptors (Lipinski definition) is 4. The first kappa shape index (κ1) is 19.6. The van der Waals surface area contributed by atoms with Crippen LogP contribution in [-0.4, -0.2) is 20.9 Å². The van der Waals surface area contributed by atoms with E-state index in [1.165, 1.54) is 12.1 Å². The molecule has 0 aliphatic rings. The fourth-order valence-electron chi connectivity index (χ4n) is 2.43. The van der Waals surface area contributed by atoms with Gasteiger partial charge in [-0.2, -0.15) is 0 Å². The molecule has 0 bridgehead atoms. The van der Waals surface area contributed by atoms with Crippen LogP contribution in [0.2, 0.25) is 0 Å². The van der Waals surface area contributed by atoms with Crippen molar-refractivity contribution in [1.29, 1.82) is 0 Å². The molecule has 1 amide bonds. The Morgan fingerprint density at radius 3 is 2.25 bits per heavy atom. The molecule has 0 heterocycles. The van der Waals surface area contributed by atoms with Crippen molar-refractivity contribution in [3.05, 3.63) is 84.4 Å². The molecule has 144 valence electrons. The smallest absolute Gasteiger partial charge is 0.241 e. The molecule has 0 aliphatic heterocycles. The topological polar surface area (TPSA) is 84.5 Å². The van der Waals surface area contributed by atoms with Gasteiger partial charge in [0.2, 0.25) is 15.9 Å². The highest BCUT2D eigenvalue weighted by molar-refractivity contribution is 7.89. The van der Waals surface area contributed by atoms with Crippen LogP contribution in [-0.2, 0) is 14.8 Å². The number of carbonyl (C=O) groups is 1. The normalized spacial score (nSPS) is 11.0. The van der Waals surface area contributed by atoms with Crippen LogP contribution in [0.5, 0.6) is 11.5 Å². The zero-order valence-electron chi connectivity index (χ0n) is 15.3. The molecule has 0 saturated heterocycles. The highest BCUT2D eigenvalue weighted by atomic mass is 32.2. The molecule has 3 aromatic rings. The number of benzene rings is 3. The first-order chi connectivity index (χ1) is 13.4. The summed E-state index contributed by atoms with van der Waals surface area (Å²) in [5, 5.41) is 2.67. The van der Waals surface area contributed by atoms with E-state index < -0.39 is 22.5 Å². The van der Waals surface area contributed by atoms with Gasteiger partial charge in [0.05, 0.1) is 17.1 Å². The third kappa shape index (κ3) is 5.18. The number of rotatable bonds is 7. The van der Waals surface area contributed by atoms with E-state index in [2.05, 4.69) is 10.0 Å². The molecule has 0 aliphatic carbocycles. The molecule has 7 heteroatoms. The molecule has 3 rings (SSSR count). The summed E-state index contributed by atoms with van der Waals surface area (Å²) in [6.07, 6.45) is 0. The van der Waals surface area contributed by atoms with Gasteiger partial charge in [0.15, 0.2) is 5.75 Å². The van der Waals surface area contributed by atoms with Gasteiger partial charge in [-0.25, -0.2) is 13.1 Å². The van der Waals surface area contributed by atoms with Crippen LogP contribution in [0, 0.1) is 6.92 Å². The minimum Gasteiger partial charge on any atom is -0.455 e. The summed E-state index contributed by atoms with van der Waals surface area (Å²) in [6, 6.07) is 22.5. The highest BCUT2D eigenvalue weighted by Crippen LogP contribution is 2.28. The Bertz CT molecular complexity index is 1050. The van der Waals surface area contributed by atoms with E-state index in [9.17, 15) is 13.2 Å². The zero-order valence-corrected chi connectivity index (χ0v) is 16.1. The van der Waals surface area contributed by atoms with Crippen molar-refractivity contribution in [1.82, 2.24) is 4.72 Å². The second-order valence-corrected chi connectivity index (χ2v) is 7.86. The Labute approximate surface area is 164 Å². The second kappa shape index (κ2) is 8.69. The van der Waals surface area contributed by atoms with Crippen molar-refractivity contribution < 1.29 is 17.9 Å². The molecule has 2 N–H and O–H groups in total. The largest absolute Gasteiger partial charge is 0.455 e. The standard InChI is InChI=1S/C21H20N2O4S/c1-16-11-13-18(14-12-16)28(25,26)22-15-21(24)23-19-9-5-6-10-20(19)27-17-7-3-2-4-8-17/h2-14,22H,15H2,1H3,(H,23,24). The van der Waals surface area contributed by atoms with Crippen LogP contribution in [0.3, 0.4) is 0 Å². The first-order valence-electron chi connectivity index (χ1n) is 8.62. The monoisotopic (exact) mass is 396 g/mol. The summed E-state index contributed by atoms with van der Waals surface area (Å²) in [4.78, 5) is 12.4. The van der Waals surface area contributed by atoms with Crippen LogP contribution >= 0.6 is 0 Å². The highest BCUT2D eigenvalue weighted by Gasteiger charge is 2.16. The van der Waals surface area contributed by atoms with Crippen molar-refractivity contribution in [2.45, 2.75) is 11.8 Å². The fourth-order valence-corrected chi connectivity index (χ4v) is 3.41. The number of aryl methyl sites for hydroxylation is 1. The molecule has 0 radical (unpaired) electrons. The van der Waals surface area contributed by atoms with Crippen molar-refractivity contribution in [3.8, 4) is 11.5 Å². The van der Waals surface area contributed by atoms with Gasteiger partial charge in [-0.05, 0) is 43.3 Å². The maximum Gasteiger partial charge on any atom is 0.241 e. The minimum atomic E-state index is -3.77. The average Bonchev–Trinajstić information content (AvgIpc) is 2.69. The zero-order chi connectivity index (χ0) is 20.0. The summed E-state index contributed by atoms with van der Waals surface area (Å²) < 4.78 is 32.7. The Morgan fingerprint density at radius 1 is 0.893 bits per heavy atom. The number of carbonyl (C=O) groups excluding carboxylic acids is 1. The molecule has 0 fully saturated rings. The summed E-state index contributed by atoms with van der Waals surface area (Å²) in [5.74, 6) is 0.590. The van der Waals surface area contributed by atoms with Crippen molar-refractivity contribution >= 4 is 21.6 Å². The summed E-state index contributed by atoms with van der Waals surface area (Å²) in [6.45, 7) is 1.47. The third-order valence-electron chi connectivity index (χ3n) is 3.89. The quantitative estimate of drug-likeness (QED) is 0.638. The van der Waals surface area contributed by atoms with Gasteiger partial charge in [0.1, 0.15) is 5.75 Å².